The summed E-state index contributed by atoms with van der Waals surface area (Å²) < 4.78 is 3.47. The van der Waals surface area contributed by atoms with E-state index in [1.807, 2.05) is 0 Å². The normalized spacial score (nSPS) is 9.95. The van der Waals surface area contributed by atoms with E-state index in [-0.39, 0.29) is 10.7 Å². The number of carbonyl (C=O) groups excluding carboxylic acids is 1. The first kappa shape index (κ1) is 12.8. The molecule has 0 atom stereocenters. The summed E-state index contributed by atoms with van der Waals surface area (Å²) >= 11 is 0.865. The van der Waals surface area contributed by atoms with Gasteiger partial charge in [0.2, 0.25) is 5.13 Å². The molecule has 2 aromatic heterocycles. The molecule has 0 fully saturated rings. The lowest BCUT2D eigenvalue weighted by Gasteiger charge is -2.04. The average molecular weight is 281 g/mol. The van der Waals surface area contributed by atoms with Crippen LogP contribution in [0.4, 0.5) is 16.6 Å². The highest BCUT2D eigenvalue weighted by Crippen LogP contribution is 2.21. The van der Waals surface area contributed by atoms with Crippen LogP contribution in [0.2, 0.25) is 0 Å². The summed E-state index contributed by atoms with van der Waals surface area (Å²) in [7, 11) is 1.59. The van der Waals surface area contributed by atoms with Gasteiger partial charge in [0.15, 0.2) is 0 Å². The van der Waals surface area contributed by atoms with E-state index in [0.717, 1.165) is 17.7 Å². The number of pyridine rings is 1. The number of rotatable bonds is 4. The van der Waals surface area contributed by atoms with Crippen molar-refractivity contribution in [3.05, 3.63) is 27.9 Å². The number of nitrogens with one attached hydrogen (secondary N) is 2. The van der Waals surface area contributed by atoms with Crippen LogP contribution in [0.3, 0.4) is 0 Å². The Morgan fingerprint density at radius 1 is 1.53 bits per heavy atom. The lowest BCUT2D eigenvalue weighted by molar-refractivity contribution is -0.385. The fraction of sp³-hybridized carbons (Fsp3) is 0.125. The summed E-state index contributed by atoms with van der Waals surface area (Å²) in [5.41, 5.74) is -0.520. The maximum absolute atomic E-state index is 11.9. The summed E-state index contributed by atoms with van der Waals surface area (Å²) in [6.45, 7) is 0. The molecule has 0 spiro atoms. The van der Waals surface area contributed by atoms with E-state index in [9.17, 15) is 14.9 Å². The molecule has 0 aliphatic rings. The van der Waals surface area contributed by atoms with E-state index in [4.69, 9.17) is 0 Å². The van der Waals surface area contributed by atoms with Crippen molar-refractivity contribution in [3.8, 4) is 0 Å². The molecule has 10 nitrogen and oxygen atoms in total. The second kappa shape index (κ2) is 5.30. The summed E-state index contributed by atoms with van der Waals surface area (Å²) in [5, 5.41) is 22.9. The van der Waals surface area contributed by atoms with Gasteiger partial charge in [0.05, 0.1) is 4.92 Å². The van der Waals surface area contributed by atoms with Crippen LogP contribution in [-0.2, 0) is 0 Å². The predicted octanol–water partition coefficient (Wildman–Crippen LogP) is 0.530. The molecule has 0 aromatic carbocycles. The SMILES string of the molecule is CNc1cc(C(=O)Nc2nnns2)c([N+](=O)[O-])cn1. The molecule has 2 heterocycles. The third-order valence-corrected chi connectivity index (χ3v) is 2.61. The average Bonchev–Trinajstić information content (AvgIpc) is 2.90. The summed E-state index contributed by atoms with van der Waals surface area (Å²) in [6.07, 6.45) is 1.01. The fourth-order valence-corrected chi connectivity index (χ4v) is 1.62. The quantitative estimate of drug-likeness (QED) is 0.611. The Labute approximate surface area is 110 Å². The highest BCUT2D eigenvalue weighted by atomic mass is 32.1. The van der Waals surface area contributed by atoms with Gasteiger partial charge in [0, 0.05) is 24.6 Å². The van der Waals surface area contributed by atoms with Crippen molar-refractivity contribution in [2.45, 2.75) is 0 Å². The molecule has 11 heteroatoms. The zero-order valence-electron chi connectivity index (χ0n) is 9.52. The van der Waals surface area contributed by atoms with E-state index in [2.05, 4.69) is 30.4 Å². The molecule has 0 aliphatic carbocycles. The minimum Gasteiger partial charge on any atom is -0.373 e. The number of carbonyl (C=O) groups is 1. The summed E-state index contributed by atoms with van der Waals surface area (Å²) in [6, 6.07) is 1.28. The smallest absolute Gasteiger partial charge is 0.300 e. The van der Waals surface area contributed by atoms with Crippen LogP contribution in [0.5, 0.6) is 0 Å². The molecule has 2 N–H and O–H groups in total. The Bertz CT molecular complexity index is 615. The first-order valence-electron chi connectivity index (χ1n) is 4.90. The van der Waals surface area contributed by atoms with Crippen LogP contribution >= 0.6 is 11.5 Å². The van der Waals surface area contributed by atoms with Crippen molar-refractivity contribution < 1.29 is 9.72 Å². The molecule has 2 rings (SSSR count). The van der Waals surface area contributed by atoms with Gasteiger partial charge in [-0.3, -0.25) is 20.2 Å². The Hall–Kier alpha value is -2.69. The number of amides is 1. The Kier molecular flexibility index (Phi) is 3.56. The van der Waals surface area contributed by atoms with Crippen LogP contribution < -0.4 is 10.6 Å². The first-order chi connectivity index (χ1) is 9.11. The van der Waals surface area contributed by atoms with Crippen LogP contribution in [0.15, 0.2) is 12.3 Å². The van der Waals surface area contributed by atoms with E-state index >= 15 is 0 Å². The van der Waals surface area contributed by atoms with Crippen LogP contribution in [0, 0.1) is 10.1 Å². The van der Waals surface area contributed by atoms with Crippen molar-refractivity contribution in [2.75, 3.05) is 17.7 Å². The second-order valence-electron chi connectivity index (χ2n) is 3.22. The van der Waals surface area contributed by atoms with Crippen LogP contribution in [0.1, 0.15) is 10.4 Å². The van der Waals surface area contributed by atoms with Gasteiger partial charge in [0.1, 0.15) is 17.6 Å². The maximum atomic E-state index is 11.9. The van der Waals surface area contributed by atoms with E-state index in [1.54, 1.807) is 7.05 Å². The molecule has 98 valence electrons. The fourth-order valence-electron chi connectivity index (χ4n) is 1.26. The standard InChI is InChI=1S/C8H7N7O3S/c1-9-6-2-4(5(3-10-6)15(17)18)7(16)11-8-12-13-14-19-8/h2-3H,1H3,(H,9,10)(H,11,12,14,16). The number of anilines is 2. The topological polar surface area (TPSA) is 136 Å². The third kappa shape index (κ3) is 2.77. The second-order valence-corrected chi connectivity index (χ2v) is 3.95. The Balaban J connectivity index is 2.35. The summed E-state index contributed by atoms with van der Waals surface area (Å²) in [4.78, 5) is 25.9. The molecule has 2 aromatic rings. The first-order valence-corrected chi connectivity index (χ1v) is 5.67. The van der Waals surface area contributed by atoms with E-state index < -0.39 is 16.5 Å². The van der Waals surface area contributed by atoms with Gasteiger partial charge >= 0.3 is 0 Å². The Morgan fingerprint density at radius 2 is 2.32 bits per heavy atom. The minimum absolute atomic E-state index is 0.125. The molecular formula is C8H7N7O3S. The van der Waals surface area contributed by atoms with Gasteiger partial charge in [-0.1, -0.05) is 9.59 Å². The van der Waals surface area contributed by atoms with Crippen molar-refractivity contribution in [2.24, 2.45) is 0 Å². The molecule has 1 amide bonds. The number of nitro groups is 1. The number of nitrogens with zero attached hydrogens (tertiary/aromatic N) is 5. The van der Waals surface area contributed by atoms with Crippen molar-refractivity contribution in [3.63, 3.8) is 0 Å². The minimum atomic E-state index is -0.681. The van der Waals surface area contributed by atoms with Gasteiger partial charge in [-0.25, -0.2) is 4.98 Å². The zero-order chi connectivity index (χ0) is 13.8. The van der Waals surface area contributed by atoms with Gasteiger partial charge in [-0.05, 0) is 5.21 Å². The lowest BCUT2D eigenvalue weighted by Crippen LogP contribution is -2.14. The molecule has 0 saturated heterocycles. The van der Waals surface area contributed by atoms with Gasteiger partial charge in [0.25, 0.3) is 11.6 Å². The van der Waals surface area contributed by atoms with Crippen LogP contribution in [0.25, 0.3) is 0 Å². The molecular weight excluding hydrogens is 274 g/mol. The molecule has 0 saturated carbocycles. The zero-order valence-corrected chi connectivity index (χ0v) is 10.3. The van der Waals surface area contributed by atoms with Crippen molar-refractivity contribution >= 4 is 34.1 Å². The highest BCUT2D eigenvalue weighted by molar-refractivity contribution is 7.09. The summed E-state index contributed by atoms with van der Waals surface area (Å²) in [5.74, 6) is -0.338. The van der Waals surface area contributed by atoms with Gasteiger partial charge in [-0.2, -0.15) is 0 Å². The Morgan fingerprint density at radius 3 is 2.89 bits per heavy atom. The molecule has 0 unspecified atom stereocenters. The highest BCUT2D eigenvalue weighted by Gasteiger charge is 2.22. The van der Waals surface area contributed by atoms with Crippen molar-refractivity contribution in [1.29, 1.82) is 0 Å². The van der Waals surface area contributed by atoms with Gasteiger partial charge in [-0.15, -0.1) is 0 Å². The lowest BCUT2D eigenvalue weighted by atomic mass is 10.2. The molecule has 0 aliphatic heterocycles. The molecule has 0 radical (unpaired) electrons. The largest absolute Gasteiger partial charge is 0.373 e. The maximum Gasteiger partial charge on any atom is 0.300 e. The van der Waals surface area contributed by atoms with E-state index in [1.165, 1.54) is 6.07 Å². The molecule has 0 bridgehead atoms. The predicted molar refractivity (Wildman–Crippen MR) is 66.1 cm³/mol. The number of aromatic nitrogens is 4. The number of hydrogen-bond acceptors (Lipinski definition) is 9. The van der Waals surface area contributed by atoms with E-state index in [0.29, 0.717) is 5.82 Å². The third-order valence-electron chi connectivity index (χ3n) is 2.10. The molecule has 19 heavy (non-hydrogen) atoms. The van der Waals surface area contributed by atoms with Crippen molar-refractivity contribution in [1.82, 2.24) is 19.8 Å². The van der Waals surface area contributed by atoms with Crippen LogP contribution in [-0.4, -0.2) is 37.7 Å². The number of hydrogen-bond donors (Lipinski definition) is 2. The van der Waals surface area contributed by atoms with Gasteiger partial charge < -0.3 is 5.32 Å². The monoisotopic (exact) mass is 281 g/mol.